The molecule has 0 bridgehead atoms. The molecule has 0 aliphatic carbocycles. The molecule has 2 aromatic heterocycles. The summed E-state index contributed by atoms with van der Waals surface area (Å²) in [5.41, 5.74) is 2.25. The zero-order valence-electron chi connectivity index (χ0n) is 15.5. The van der Waals surface area contributed by atoms with Crippen molar-refractivity contribution >= 4 is 11.8 Å². The summed E-state index contributed by atoms with van der Waals surface area (Å²) in [6, 6.07) is 5.75. The van der Waals surface area contributed by atoms with Crippen molar-refractivity contribution in [3.63, 3.8) is 0 Å². The fourth-order valence-electron chi connectivity index (χ4n) is 2.66. The fourth-order valence-corrected chi connectivity index (χ4v) is 2.66. The second-order valence-corrected chi connectivity index (χ2v) is 7.15. The summed E-state index contributed by atoms with van der Waals surface area (Å²) >= 11 is 0. The van der Waals surface area contributed by atoms with Crippen molar-refractivity contribution in [2.75, 3.05) is 25.5 Å². The van der Waals surface area contributed by atoms with E-state index >= 15 is 0 Å². The van der Waals surface area contributed by atoms with Crippen LogP contribution in [0.4, 0.5) is 10.5 Å². The Morgan fingerprint density at radius 1 is 1.23 bits per heavy atom. The Kier molecular flexibility index (Phi) is 4.97. The highest BCUT2D eigenvalue weighted by Gasteiger charge is 2.35. The van der Waals surface area contributed by atoms with Crippen molar-refractivity contribution in [2.45, 2.75) is 32.5 Å². The second kappa shape index (κ2) is 7.19. The number of hydrogen-bond donors (Lipinski definition) is 1. The lowest BCUT2D eigenvalue weighted by molar-refractivity contribution is -0.0230. The number of likely N-dealkylation sites (tertiary alicyclic amines) is 1. The van der Waals surface area contributed by atoms with Gasteiger partial charge in [-0.15, -0.1) is 0 Å². The van der Waals surface area contributed by atoms with Crippen molar-refractivity contribution in [2.24, 2.45) is 0 Å². The first-order chi connectivity index (χ1) is 12.4. The quantitative estimate of drug-likeness (QED) is 0.907. The Bertz CT molecular complexity index is 782. The van der Waals surface area contributed by atoms with Gasteiger partial charge in [0, 0.05) is 30.6 Å². The van der Waals surface area contributed by atoms with E-state index in [-0.39, 0.29) is 12.2 Å². The summed E-state index contributed by atoms with van der Waals surface area (Å²) in [6.45, 7) is 6.53. The molecule has 1 amide bonds. The molecule has 0 saturated carbocycles. The van der Waals surface area contributed by atoms with Gasteiger partial charge in [-0.2, -0.15) is 0 Å². The first kappa shape index (κ1) is 18.0. The minimum atomic E-state index is -0.498. The summed E-state index contributed by atoms with van der Waals surface area (Å²) < 4.78 is 11.4. The number of aromatic nitrogens is 2. The van der Waals surface area contributed by atoms with Crippen LogP contribution in [-0.4, -0.2) is 52.8 Å². The molecule has 3 rings (SSSR count). The maximum absolute atomic E-state index is 12.0. The summed E-state index contributed by atoms with van der Waals surface area (Å²) in [7, 11) is 1.85. The van der Waals surface area contributed by atoms with Gasteiger partial charge in [0.1, 0.15) is 11.7 Å². The van der Waals surface area contributed by atoms with E-state index in [4.69, 9.17) is 9.47 Å². The molecule has 1 fully saturated rings. The number of pyridine rings is 2. The van der Waals surface area contributed by atoms with Crippen molar-refractivity contribution < 1.29 is 14.3 Å². The number of hydrogen-bond acceptors (Lipinski definition) is 6. The van der Waals surface area contributed by atoms with Gasteiger partial charge in [0.15, 0.2) is 0 Å². The molecule has 1 saturated heterocycles. The maximum atomic E-state index is 12.0. The molecule has 1 aliphatic rings. The number of nitrogens with one attached hydrogen (secondary N) is 1. The lowest BCUT2D eigenvalue weighted by Crippen LogP contribution is -2.57. The van der Waals surface area contributed by atoms with E-state index in [1.165, 1.54) is 0 Å². The van der Waals surface area contributed by atoms with Crippen molar-refractivity contribution in [1.29, 1.82) is 0 Å². The summed E-state index contributed by atoms with van der Waals surface area (Å²) in [4.78, 5) is 22.2. The molecule has 0 radical (unpaired) electrons. The van der Waals surface area contributed by atoms with Gasteiger partial charge in [0.25, 0.3) is 0 Å². The largest absolute Gasteiger partial charge is 0.470 e. The highest BCUT2D eigenvalue weighted by atomic mass is 16.6. The highest BCUT2D eigenvalue weighted by Crippen LogP contribution is 2.34. The van der Waals surface area contributed by atoms with Gasteiger partial charge in [0.05, 0.1) is 25.0 Å². The monoisotopic (exact) mass is 356 g/mol. The average molecular weight is 356 g/mol. The molecule has 7 nitrogen and oxygen atoms in total. The first-order valence-corrected chi connectivity index (χ1v) is 8.59. The Hall–Kier alpha value is -2.83. The van der Waals surface area contributed by atoms with Crippen molar-refractivity contribution in [3.05, 3.63) is 36.8 Å². The Morgan fingerprint density at radius 2 is 2.00 bits per heavy atom. The highest BCUT2D eigenvalue weighted by molar-refractivity contribution is 5.79. The van der Waals surface area contributed by atoms with Crippen LogP contribution in [0.25, 0.3) is 11.1 Å². The fraction of sp³-hybridized carbons (Fsp3) is 0.421. The summed E-state index contributed by atoms with van der Waals surface area (Å²) in [6.07, 6.45) is 4.78. The molecule has 0 unspecified atom stereocenters. The molecule has 26 heavy (non-hydrogen) atoms. The molecular formula is C19H24N4O3. The molecule has 0 aromatic carbocycles. The van der Waals surface area contributed by atoms with Gasteiger partial charge in [-0.3, -0.25) is 4.98 Å². The Morgan fingerprint density at radius 3 is 2.69 bits per heavy atom. The molecule has 1 N–H and O–H groups in total. The third-order valence-electron chi connectivity index (χ3n) is 3.93. The number of rotatable bonds is 4. The zero-order valence-corrected chi connectivity index (χ0v) is 15.5. The number of ether oxygens (including phenoxy) is 2. The minimum Gasteiger partial charge on any atom is -0.470 e. The SMILES string of the molecule is CNc1cnccc1-c1cccnc1OC1CN(C(=O)OC(C)(C)C)C1. The predicted molar refractivity (Wildman–Crippen MR) is 99.2 cm³/mol. The zero-order chi connectivity index (χ0) is 18.7. The van der Waals surface area contributed by atoms with Crippen LogP contribution in [0.2, 0.25) is 0 Å². The van der Waals surface area contributed by atoms with Crippen LogP contribution in [-0.2, 0) is 4.74 Å². The van der Waals surface area contributed by atoms with Crippen molar-refractivity contribution in [1.82, 2.24) is 14.9 Å². The summed E-state index contributed by atoms with van der Waals surface area (Å²) in [5, 5.41) is 3.13. The summed E-state index contributed by atoms with van der Waals surface area (Å²) in [5.74, 6) is 0.545. The number of nitrogens with zero attached hydrogens (tertiary/aromatic N) is 3. The van der Waals surface area contributed by atoms with Crippen LogP contribution in [0.5, 0.6) is 5.88 Å². The first-order valence-electron chi connectivity index (χ1n) is 8.59. The smallest absolute Gasteiger partial charge is 0.410 e. The molecule has 138 valence electrons. The van der Waals surface area contributed by atoms with E-state index in [0.717, 1.165) is 16.8 Å². The van der Waals surface area contributed by atoms with Crippen LogP contribution < -0.4 is 10.1 Å². The maximum Gasteiger partial charge on any atom is 0.410 e. The predicted octanol–water partition coefficient (Wildman–Crippen LogP) is 3.18. The third kappa shape index (κ3) is 4.04. The van der Waals surface area contributed by atoms with Gasteiger partial charge in [0.2, 0.25) is 5.88 Å². The minimum absolute atomic E-state index is 0.101. The molecule has 1 aliphatic heterocycles. The Balaban J connectivity index is 1.69. The van der Waals surface area contributed by atoms with Crippen LogP contribution in [0, 0.1) is 0 Å². The third-order valence-corrected chi connectivity index (χ3v) is 3.93. The van der Waals surface area contributed by atoms with Crippen LogP contribution in [0.3, 0.4) is 0 Å². The molecule has 2 aromatic rings. The van der Waals surface area contributed by atoms with E-state index in [9.17, 15) is 4.79 Å². The number of amides is 1. The lowest BCUT2D eigenvalue weighted by Gasteiger charge is -2.39. The average Bonchev–Trinajstić information content (AvgIpc) is 2.56. The van der Waals surface area contributed by atoms with Gasteiger partial charge in [-0.05, 0) is 39.0 Å². The molecular weight excluding hydrogens is 332 g/mol. The van der Waals surface area contributed by atoms with E-state index in [1.54, 1.807) is 23.5 Å². The topological polar surface area (TPSA) is 76.6 Å². The van der Waals surface area contributed by atoms with Crippen LogP contribution in [0.1, 0.15) is 20.8 Å². The molecule has 7 heteroatoms. The Labute approximate surface area is 153 Å². The van der Waals surface area contributed by atoms with Gasteiger partial charge in [-0.1, -0.05) is 0 Å². The number of anilines is 1. The van der Waals surface area contributed by atoms with Crippen LogP contribution >= 0.6 is 0 Å². The molecule has 0 spiro atoms. The number of carbonyl (C=O) groups is 1. The second-order valence-electron chi connectivity index (χ2n) is 7.15. The molecule has 0 atom stereocenters. The van der Waals surface area contributed by atoms with E-state index in [0.29, 0.717) is 19.0 Å². The van der Waals surface area contributed by atoms with E-state index < -0.39 is 5.60 Å². The normalized spacial score (nSPS) is 14.5. The van der Waals surface area contributed by atoms with Crippen molar-refractivity contribution in [3.8, 4) is 17.0 Å². The van der Waals surface area contributed by atoms with Crippen LogP contribution in [0.15, 0.2) is 36.8 Å². The number of carbonyl (C=O) groups excluding carboxylic acids is 1. The van der Waals surface area contributed by atoms with Gasteiger partial charge >= 0.3 is 6.09 Å². The van der Waals surface area contributed by atoms with E-state index in [1.807, 2.05) is 46.0 Å². The standard InChI is InChI=1S/C19H24N4O3/c1-19(2,3)26-18(24)23-11-13(12-23)25-17-15(6-5-8-22-17)14-7-9-21-10-16(14)20-4/h5-10,13,20H,11-12H2,1-4H3. The van der Waals surface area contributed by atoms with Gasteiger partial charge < -0.3 is 19.7 Å². The molecule has 3 heterocycles. The van der Waals surface area contributed by atoms with Gasteiger partial charge in [-0.25, -0.2) is 9.78 Å². The van der Waals surface area contributed by atoms with E-state index in [2.05, 4.69) is 15.3 Å². The lowest BCUT2D eigenvalue weighted by atomic mass is 10.1.